The number of benzene rings is 3. The maximum Gasteiger partial charge on any atom is 0.323 e. The van der Waals surface area contributed by atoms with Gasteiger partial charge in [0.25, 0.3) is 5.56 Å². The minimum atomic E-state index is -0.857. The molecule has 192 valence electrons. The predicted octanol–water partition coefficient (Wildman–Crippen LogP) is 6.01. The lowest BCUT2D eigenvalue weighted by Crippen LogP contribution is -2.19. The molecule has 0 fully saturated rings. The Hall–Kier alpha value is -4.31. The summed E-state index contributed by atoms with van der Waals surface area (Å²) in [6, 6.07) is 20.3. The van der Waals surface area contributed by atoms with Gasteiger partial charge < -0.3 is 31.0 Å². The van der Waals surface area contributed by atoms with Crippen LogP contribution in [0.25, 0.3) is 22.4 Å². The highest BCUT2D eigenvalue weighted by molar-refractivity contribution is 6.33. The molecule has 2 amide bonds. The summed E-state index contributed by atoms with van der Waals surface area (Å²) >= 11 is 12.2. The molecule has 6 N–H and O–H groups in total. The molecule has 3 aromatic carbocycles. The van der Waals surface area contributed by atoms with E-state index in [9.17, 15) is 14.7 Å². The average molecular weight is 549 g/mol. The summed E-state index contributed by atoms with van der Waals surface area (Å²) in [6.45, 7) is 0.131. The van der Waals surface area contributed by atoms with Crippen molar-refractivity contribution in [3.05, 3.63) is 105 Å². The highest BCUT2D eigenvalue weighted by atomic mass is 35.5. The van der Waals surface area contributed by atoms with E-state index in [1.54, 1.807) is 72.8 Å². The number of hydrogen-bond acceptors (Lipinski definition) is 5. The molecule has 0 aliphatic carbocycles. The fourth-order valence-electron chi connectivity index (χ4n) is 3.99. The number of fused-ring (bicyclic) bond motifs is 1. The van der Waals surface area contributed by atoms with Crippen molar-refractivity contribution in [2.75, 3.05) is 22.5 Å². The Morgan fingerprint density at radius 2 is 1.71 bits per heavy atom. The van der Waals surface area contributed by atoms with Gasteiger partial charge in [-0.1, -0.05) is 53.5 Å². The number of urea groups is 1. The molecule has 0 saturated carbocycles. The van der Waals surface area contributed by atoms with Gasteiger partial charge in [0, 0.05) is 17.8 Å². The number of imidazole rings is 1. The number of nitrogens with one attached hydrogen (secondary N) is 5. The summed E-state index contributed by atoms with van der Waals surface area (Å²) in [4.78, 5) is 35.9. The van der Waals surface area contributed by atoms with Crippen LogP contribution in [0.15, 0.2) is 83.8 Å². The molecular formula is C27H22Cl2N6O3. The van der Waals surface area contributed by atoms with Gasteiger partial charge in [0.1, 0.15) is 16.9 Å². The van der Waals surface area contributed by atoms with Crippen LogP contribution in [-0.2, 0) is 0 Å². The summed E-state index contributed by atoms with van der Waals surface area (Å²) in [5.41, 5.74) is 2.98. The molecule has 0 radical (unpaired) electrons. The van der Waals surface area contributed by atoms with Crippen molar-refractivity contribution >= 4 is 57.3 Å². The number of anilines is 3. The first-order chi connectivity index (χ1) is 18.4. The predicted molar refractivity (Wildman–Crippen MR) is 151 cm³/mol. The van der Waals surface area contributed by atoms with Gasteiger partial charge >= 0.3 is 6.03 Å². The first-order valence-corrected chi connectivity index (χ1v) is 12.4. The zero-order valence-electron chi connectivity index (χ0n) is 19.8. The lowest BCUT2D eigenvalue weighted by Gasteiger charge is -2.15. The van der Waals surface area contributed by atoms with Crippen LogP contribution < -0.4 is 21.5 Å². The first kappa shape index (κ1) is 25.3. The third-order valence-corrected chi connectivity index (χ3v) is 6.36. The number of aliphatic hydroxyl groups is 1. The van der Waals surface area contributed by atoms with E-state index >= 15 is 0 Å². The van der Waals surface area contributed by atoms with Gasteiger partial charge in [0.2, 0.25) is 0 Å². The van der Waals surface area contributed by atoms with Crippen LogP contribution in [0.3, 0.4) is 0 Å². The van der Waals surface area contributed by atoms with Gasteiger partial charge in [-0.05, 0) is 48.0 Å². The van der Waals surface area contributed by atoms with Crippen molar-refractivity contribution < 1.29 is 9.90 Å². The second kappa shape index (κ2) is 11.0. The Kier molecular flexibility index (Phi) is 7.32. The van der Waals surface area contributed by atoms with Gasteiger partial charge in [0.05, 0.1) is 33.7 Å². The lowest BCUT2D eigenvalue weighted by molar-refractivity contribution is 0.191. The number of amides is 2. The molecule has 2 aromatic heterocycles. The van der Waals surface area contributed by atoms with Crippen molar-refractivity contribution in [3.8, 4) is 11.4 Å². The number of carbonyl (C=O) groups excluding carboxylic acids is 1. The lowest BCUT2D eigenvalue weighted by atomic mass is 10.1. The number of pyridine rings is 1. The van der Waals surface area contributed by atoms with E-state index in [0.29, 0.717) is 49.5 Å². The van der Waals surface area contributed by atoms with Gasteiger partial charge in [-0.15, -0.1) is 0 Å². The third kappa shape index (κ3) is 5.50. The zero-order chi connectivity index (χ0) is 26.6. The molecule has 0 saturated heterocycles. The molecular weight excluding hydrogens is 527 g/mol. The summed E-state index contributed by atoms with van der Waals surface area (Å²) in [5.74, 6) is 0.294. The Balaban J connectivity index is 1.40. The number of aliphatic hydroxyl groups excluding tert-OH is 1. The molecule has 11 heteroatoms. The molecule has 38 heavy (non-hydrogen) atoms. The summed E-state index contributed by atoms with van der Waals surface area (Å²) < 4.78 is 0. The average Bonchev–Trinajstić information content (AvgIpc) is 3.33. The topological polar surface area (TPSA) is 135 Å². The maximum atomic E-state index is 12.8. The molecule has 0 aliphatic rings. The van der Waals surface area contributed by atoms with Crippen LogP contribution >= 0.6 is 23.2 Å². The number of para-hydroxylation sites is 2. The number of rotatable bonds is 7. The largest absolute Gasteiger partial charge is 0.387 e. The van der Waals surface area contributed by atoms with Crippen molar-refractivity contribution in [2.24, 2.45) is 0 Å². The van der Waals surface area contributed by atoms with Gasteiger partial charge in [-0.2, -0.15) is 0 Å². The SMILES string of the molecule is O=C(Nc1ccccc1Cl)Nc1cccc2[nH]c(-c3c(NC[C@H](O)c4cccc(Cl)c4)cc[nH]c3=O)nc12. The van der Waals surface area contributed by atoms with E-state index in [2.05, 4.69) is 30.9 Å². The van der Waals surface area contributed by atoms with Crippen LogP contribution in [0.1, 0.15) is 11.7 Å². The molecule has 0 unspecified atom stereocenters. The van der Waals surface area contributed by atoms with Crippen LogP contribution in [-0.4, -0.2) is 32.6 Å². The quantitative estimate of drug-likeness (QED) is 0.148. The Morgan fingerprint density at radius 1 is 0.947 bits per heavy atom. The molecule has 1 atom stereocenters. The smallest absolute Gasteiger partial charge is 0.323 e. The van der Waals surface area contributed by atoms with E-state index in [1.165, 1.54) is 6.20 Å². The number of H-pyrrole nitrogens is 2. The van der Waals surface area contributed by atoms with E-state index in [1.807, 2.05) is 0 Å². The summed E-state index contributed by atoms with van der Waals surface area (Å²) in [7, 11) is 0. The number of carbonyl (C=O) groups is 1. The molecule has 0 bridgehead atoms. The number of aromatic nitrogens is 3. The number of nitrogens with zero attached hydrogens (tertiary/aromatic N) is 1. The normalized spacial score (nSPS) is 11.8. The fourth-order valence-corrected chi connectivity index (χ4v) is 4.37. The van der Waals surface area contributed by atoms with Crippen molar-refractivity contribution in [1.82, 2.24) is 15.0 Å². The Morgan fingerprint density at radius 3 is 2.53 bits per heavy atom. The zero-order valence-corrected chi connectivity index (χ0v) is 21.3. The van der Waals surface area contributed by atoms with Gasteiger partial charge in [-0.3, -0.25) is 4.79 Å². The summed E-state index contributed by atoms with van der Waals surface area (Å²) in [5, 5.41) is 20.2. The third-order valence-electron chi connectivity index (χ3n) is 5.80. The van der Waals surface area contributed by atoms with E-state index < -0.39 is 12.1 Å². The highest BCUT2D eigenvalue weighted by Crippen LogP contribution is 2.29. The van der Waals surface area contributed by atoms with E-state index in [-0.39, 0.29) is 17.7 Å². The Labute approximate surface area is 226 Å². The van der Waals surface area contributed by atoms with E-state index in [4.69, 9.17) is 23.2 Å². The second-order valence-corrected chi connectivity index (χ2v) is 9.24. The van der Waals surface area contributed by atoms with Crippen molar-refractivity contribution in [2.45, 2.75) is 6.10 Å². The van der Waals surface area contributed by atoms with Gasteiger partial charge in [-0.25, -0.2) is 9.78 Å². The minimum Gasteiger partial charge on any atom is -0.387 e. The summed E-state index contributed by atoms with van der Waals surface area (Å²) in [6.07, 6.45) is 0.651. The van der Waals surface area contributed by atoms with Gasteiger partial charge in [0.15, 0.2) is 0 Å². The van der Waals surface area contributed by atoms with Crippen LogP contribution in [0.2, 0.25) is 10.0 Å². The first-order valence-electron chi connectivity index (χ1n) is 11.6. The molecule has 0 aliphatic heterocycles. The van der Waals surface area contributed by atoms with Crippen molar-refractivity contribution in [3.63, 3.8) is 0 Å². The standard InChI is InChI=1S/C27H22Cl2N6O3/c28-16-6-3-5-15(13-16)22(36)14-31-19-11-12-30-26(37)23(19)25-32-20-9-4-10-21(24(20)35-25)34-27(38)33-18-8-2-1-7-17(18)29/h1-13,22,36H,14H2,(H,32,35)(H2,30,31,37)(H2,33,34,38)/t22-/m0/s1. The maximum absolute atomic E-state index is 12.8. The van der Waals surface area contributed by atoms with Crippen LogP contribution in [0.5, 0.6) is 0 Å². The minimum absolute atomic E-state index is 0.131. The molecule has 2 heterocycles. The Bertz CT molecular complexity index is 1680. The fraction of sp³-hybridized carbons (Fsp3) is 0.0741. The number of halogens is 2. The van der Waals surface area contributed by atoms with Crippen molar-refractivity contribution in [1.29, 1.82) is 0 Å². The molecule has 0 spiro atoms. The monoisotopic (exact) mass is 548 g/mol. The van der Waals surface area contributed by atoms with E-state index in [0.717, 1.165) is 0 Å². The highest BCUT2D eigenvalue weighted by Gasteiger charge is 2.18. The number of aromatic amines is 2. The second-order valence-electron chi connectivity index (χ2n) is 8.39. The molecule has 9 nitrogen and oxygen atoms in total. The van der Waals surface area contributed by atoms with Crippen LogP contribution in [0, 0.1) is 0 Å². The molecule has 5 aromatic rings. The molecule has 5 rings (SSSR count). The number of hydrogen-bond donors (Lipinski definition) is 6. The van der Waals surface area contributed by atoms with Crippen LogP contribution in [0.4, 0.5) is 21.9 Å².